The summed E-state index contributed by atoms with van der Waals surface area (Å²) in [6, 6.07) is 7.09. The second-order valence-corrected chi connectivity index (χ2v) is 6.96. The largest absolute Gasteiger partial charge is 0.439 e. The Morgan fingerprint density at radius 2 is 2.10 bits per heavy atom. The van der Waals surface area contributed by atoms with Gasteiger partial charge in [-0.15, -0.1) is 0 Å². The van der Waals surface area contributed by atoms with Crippen LogP contribution in [0.3, 0.4) is 0 Å². The minimum absolute atomic E-state index is 0.360. The number of nitrogens with one attached hydrogen (secondary N) is 1. The van der Waals surface area contributed by atoms with Crippen LogP contribution in [0, 0.1) is 0 Å². The van der Waals surface area contributed by atoms with Gasteiger partial charge in [0, 0.05) is 10.5 Å². The summed E-state index contributed by atoms with van der Waals surface area (Å²) in [7, 11) is 0. The Bertz CT molecular complexity index is 635. The topological polar surface area (TPSA) is 41.3 Å². The summed E-state index contributed by atoms with van der Waals surface area (Å²) in [6.07, 6.45) is 4.89. The molecule has 0 saturated carbocycles. The van der Waals surface area contributed by atoms with Gasteiger partial charge in [-0.05, 0) is 63.5 Å². The van der Waals surface area contributed by atoms with Gasteiger partial charge in [-0.2, -0.15) is 0 Å². The number of piperidine rings is 1. The van der Waals surface area contributed by atoms with Crippen LogP contribution in [0.5, 0.6) is 0 Å². The predicted molar refractivity (Wildman–Crippen MR) is 86.3 cm³/mol. The molecule has 0 amide bonds. The molecule has 0 bridgehead atoms. The van der Waals surface area contributed by atoms with Crippen LogP contribution in [0.1, 0.15) is 37.6 Å². The lowest BCUT2D eigenvalue weighted by Gasteiger charge is -2.34. The molecule has 21 heavy (non-hydrogen) atoms. The Kier molecular flexibility index (Phi) is 3.73. The van der Waals surface area contributed by atoms with Crippen molar-refractivity contribution in [2.24, 2.45) is 0 Å². The summed E-state index contributed by atoms with van der Waals surface area (Å²) in [4.78, 5) is 7.37. The molecule has 2 saturated heterocycles. The summed E-state index contributed by atoms with van der Waals surface area (Å²) in [5.41, 5.74) is 1.85. The molecule has 4 rings (SSSR count). The molecule has 0 spiro atoms. The minimum Gasteiger partial charge on any atom is -0.439 e. The smallest absolute Gasteiger partial charge is 0.212 e. The molecule has 2 aliphatic heterocycles. The molecule has 1 atom stereocenters. The molecule has 3 heterocycles. The maximum Gasteiger partial charge on any atom is 0.212 e. The van der Waals surface area contributed by atoms with Gasteiger partial charge >= 0.3 is 0 Å². The van der Waals surface area contributed by atoms with Crippen molar-refractivity contribution in [1.29, 1.82) is 0 Å². The zero-order chi connectivity index (χ0) is 14.2. The highest BCUT2D eigenvalue weighted by Crippen LogP contribution is 2.36. The number of aromatic nitrogens is 1. The quantitative estimate of drug-likeness (QED) is 0.900. The number of hydrogen-bond acceptors (Lipinski definition) is 4. The second-order valence-electron chi connectivity index (χ2n) is 6.04. The maximum absolute atomic E-state index is 6.04. The number of fused-ring (bicyclic) bond motifs is 1. The Morgan fingerprint density at radius 1 is 1.24 bits per heavy atom. The van der Waals surface area contributed by atoms with Gasteiger partial charge < -0.3 is 9.73 Å². The van der Waals surface area contributed by atoms with Crippen molar-refractivity contribution in [2.45, 2.75) is 37.8 Å². The van der Waals surface area contributed by atoms with Crippen molar-refractivity contribution >= 4 is 27.0 Å². The van der Waals surface area contributed by atoms with Gasteiger partial charge in [0.1, 0.15) is 5.52 Å². The number of benzene rings is 1. The van der Waals surface area contributed by atoms with Gasteiger partial charge in [-0.25, -0.2) is 4.98 Å². The van der Waals surface area contributed by atoms with E-state index in [4.69, 9.17) is 9.40 Å². The monoisotopic (exact) mass is 349 g/mol. The van der Waals surface area contributed by atoms with Crippen LogP contribution in [0.15, 0.2) is 27.1 Å². The van der Waals surface area contributed by atoms with E-state index in [0.29, 0.717) is 12.1 Å². The zero-order valence-corrected chi connectivity index (χ0v) is 13.6. The van der Waals surface area contributed by atoms with Gasteiger partial charge in [0.25, 0.3) is 0 Å². The maximum atomic E-state index is 6.04. The van der Waals surface area contributed by atoms with Crippen LogP contribution in [0.4, 0.5) is 0 Å². The van der Waals surface area contributed by atoms with E-state index in [-0.39, 0.29) is 0 Å². The number of likely N-dealkylation sites (tertiary alicyclic amines) is 1. The first-order valence-electron chi connectivity index (χ1n) is 7.84. The van der Waals surface area contributed by atoms with Crippen LogP contribution < -0.4 is 5.32 Å². The zero-order valence-electron chi connectivity index (χ0n) is 12.0. The van der Waals surface area contributed by atoms with Crippen LogP contribution in [0.2, 0.25) is 0 Å². The van der Waals surface area contributed by atoms with Crippen molar-refractivity contribution in [2.75, 3.05) is 19.6 Å². The standard InChI is InChI=1S/C16H20BrN3O/c17-11-3-4-15-13(10-11)19-16(21-15)14-2-1-9-20(14)12-5-7-18-8-6-12/h3-4,10,12,14,18H,1-2,5-9H2. The molecular weight excluding hydrogens is 330 g/mol. The number of halogens is 1. The Labute approximate surface area is 133 Å². The highest BCUT2D eigenvalue weighted by molar-refractivity contribution is 9.10. The van der Waals surface area contributed by atoms with Gasteiger partial charge in [-0.1, -0.05) is 15.9 Å². The van der Waals surface area contributed by atoms with E-state index >= 15 is 0 Å². The van der Waals surface area contributed by atoms with E-state index in [9.17, 15) is 0 Å². The third kappa shape index (κ3) is 2.62. The van der Waals surface area contributed by atoms with E-state index in [1.54, 1.807) is 0 Å². The van der Waals surface area contributed by atoms with Crippen LogP contribution in [-0.2, 0) is 0 Å². The number of hydrogen-bond donors (Lipinski definition) is 1. The molecule has 0 aliphatic carbocycles. The van der Waals surface area contributed by atoms with Crippen molar-refractivity contribution in [1.82, 2.24) is 15.2 Å². The fourth-order valence-electron chi connectivity index (χ4n) is 3.69. The minimum atomic E-state index is 0.360. The molecule has 2 aliphatic rings. The van der Waals surface area contributed by atoms with Gasteiger partial charge in [-0.3, -0.25) is 4.90 Å². The average Bonchev–Trinajstić information content (AvgIpc) is 3.13. The molecule has 1 aromatic heterocycles. The molecule has 2 fully saturated rings. The SMILES string of the molecule is Brc1ccc2oc(C3CCCN3C3CCNCC3)nc2c1. The normalized spacial score (nSPS) is 24.9. The lowest BCUT2D eigenvalue weighted by molar-refractivity contribution is 0.132. The van der Waals surface area contributed by atoms with E-state index in [2.05, 4.69) is 26.1 Å². The summed E-state index contributed by atoms with van der Waals surface area (Å²) >= 11 is 3.50. The molecule has 4 nitrogen and oxygen atoms in total. The van der Waals surface area contributed by atoms with Crippen molar-refractivity contribution in [3.8, 4) is 0 Å². The molecule has 5 heteroatoms. The summed E-state index contributed by atoms with van der Waals surface area (Å²) in [5.74, 6) is 0.902. The summed E-state index contributed by atoms with van der Waals surface area (Å²) in [5, 5.41) is 3.45. The highest BCUT2D eigenvalue weighted by Gasteiger charge is 2.35. The first-order valence-corrected chi connectivity index (χ1v) is 8.63. The van der Waals surface area contributed by atoms with Gasteiger partial charge in [0.15, 0.2) is 5.58 Å². The first kappa shape index (κ1) is 13.7. The lowest BCUT2D eigenvalue weighted by atomic mass is 10.0. The fraction of sp³-hybridized carbons (Fsp3) is 0.562. The van der Waals surface area contributed by atoms with E-state index in [1.807, 2.05) is 18.2 Å². The van der Waals surface area contributed by atoms with Crippen LogP contribution >= 0.6 is 15.9 Å². The molecule has 112 valence electrons. The molecule has 1 N–H and O–H groups in total. The van der Waals surface area contributed by atoms with E-state index in [0.717, 1.165) is 41.0 Å². The fourth-order valence-corrected chi connectivity index (χ4v) is 4.04. The molecule has 0 radical (unpaired) electrons. The lowest BCUT2D eigenvalue weighted by Crippen LogP contribution is -2.42. The predicted octanol–water partition coefficient (Wildman–Crippen LogP) is 3.48. The Morgan fingerprint density at radius 3 is 2.95 bits per heavy atom. The number of oxazole rings is 1. The first-order chi connectivity index (χ1) is 10.3. The van der Waals surface area contributed by atoms with Gasteiger partial charge in [0.2, 0.25) is 5.89 Å². The number of nitrogens with zero attached hydrogens (tertiary/aromatic N) is 2. The van der Waals surface area contributed by atoms with Crippen molar-refractivity contribution in [3.05, 3.63) is 28.6 Å². The average molecular weight is 350 g/mol. The number of rotatable bonds is 2. The molecule has 2 aromatic rings. The van der Waals surface area contributed by atoms with Gasteiger partial charge in [0.05, 0.1) is 6.04 Å². The Balaban J connectivity index is 1.63. The Hall–Kier alpha value is -0.910. The van der Waals surface area contributed by atoms with Crippen LogP contribution in [-0.4, -0.2) is 35.6 Å². The summed E-state index contributed by atoms with van der Waals surface area (Å²) < 4.78 is 7.09. The highest BCUT2D eigenvalue weighted by atomic mass is 79.9. The van der Waals surface area contributed by atoms with Crippen molar-refractivity contribution < 1.29 is 4.42 Å². The van der Waals surface area contributed by atoms with E-state index in [1.165, 1.54) is 25.8 Å². The molecule has 1 unspecified atom stereocenters. The second kappa shape index (κ2) is 5.71. The van der Waals surface area contributed by atoms with Crippen LogP contribution in [0.25, 0.3) is 11.1 Å². The molecule has 1 aromatic carbocycles. The van der Waals surface area contributed by atoms with E-state index < -0.39 is 0 Å². The summed E-state index contributed by atoms with van der Waals surface area (Å²) in [6.45, 7) is 3.44. The third-order valence-electron chi connectivity index (χ3n) is 4.72. The third-order valence-corrected chi connectivity index (χ3v) is 5.22. The van der Waals surface area contributed by atoms with Crippen molar-refractivity contribution in [3.63, 3.8) is 0 Å². The molecular formula is C16H20BrN3O.